The lowest BCUT2D eigenvalue weighted by Crippen LogP contribution is -2.29. The summed E-state index contributed by atoms with van der Waals surface area (Å²) in [6.45, 7) is -0.844. The maximum Gasteiger partial charge on any atom is 0.416 e. The van der Waals surface area contributed by atoms with E-state index in [1.807, 2.05) is 0 Å². The second kappa shape index (κ2) is 4.94. The molecule has 5 nitrogen and oxygen atoms in total. The van der Waals surface area contributed by atoms with Crippen LogP contribution < -0.4 is 4.72 Å². The number of carboxylic acid groups (broad SMARTS) is 1. The highest BCUT2D eigenvalue weighted by Gasteiger charge is 2.30. The van der Waals surface area contributed by atoms with Crippen molar-refractivity contribution < 1.29 is 31.5 Å². The van der Waals surface area contributed by atoms with Crippen molar-refractivity contribution >= 4 is 16.0 Å². The Morgan fingerprint density at radius 2 is 1.72 bits per heavy atom. The second-order valence-corrected chi connectivity index (χ2v) is 5.01. The molecule has 0 aliphatic heterocycles. The number of benzene rings is 1. The first kappa shape index (κ1) is 14.5. The van der Waals surface area contributed by atoms with Crippen LogP contribution in [0.2, 0.25) is 0 Å². The quantitative estimate of drug-likeness (QED) is 0.865. The molecule has 0 saturated carbocycles. The Balaban J connectivity index is 2.95. The van der Waals surface area contributed by atoms with Gasteiger partial charge in [-0.3, -0.25) is 4.79 Å². The van der Waals surface area contributed by atoms with Gasteiger partial charge >= 0.3 is 12.1 Å². The van der Waals surface area contributed by atoms with Crippen LogP contribution in [-0.4, -0.2) is 26.0 Å². The Morgan fingerprint density at radius 3 is 2.11 bits per heavy atom. The van der Waals surface area contributed by atoms with Crippen LogP contribution in [0.5, 0.6) is 0 Å². The van der Waals surface area contributed by atoms with Crippen molar-refractivity contribution in [3.63, 3.8) is 0 Å². The van der Waals surface area contributed by atoms with E-state index in [1.165, 1.54) is 0 Å². The topological polar surface area (TPSA) is 83.5 Å². The number of rotatable bonds is 4. The summed E-state index contributed by atoms with van der Waals surface area (Å²) in [5, 5.41) is 8.30. The smallest absolute Gasteiger partial charge is 0.416 e. The molecule has 0 aromatic heterocycles. The Bertz CT molecular complexity index is 536. The van der Waals surface area contributed by atoms with Gasteiger partial charge in [0.25, 0.3) is 0 Å². The lowest BCUT2D eigenvalue weighted by molar-refractivity contribution is -0.137. The molecule has 9 heteroatoms. The molecule has 100 valence electrons. The van der Waals surface area contributed by atoms with Crippen LogP contribution in [0, 0.1) is 0 Å². The number of hydrogen-bond donors (Lipinski definition) is 2. The van der Waals surface area contributed by atoms with Gasteiger partial charge in [-0.25, -0.2) is 8.42 Å². The zero-order valence-electron chi connectivity index (χ0n) is 8.73. The third-order valence-electron chi connectivity index (χ3n) is 1.91. The normalized spacial score (nSPS) is 12.4. The Hall–Kier alpha value is -1.61. The van der Waals surface area contributed by atoms with E-state index in [9.17, 15) is 26.4 Å². The maximum absolute atomic E-state index is 12.2. The Morgan fingerprint density at radius 1 is 1.22 bits per heavy atom. The minimum atomic E-state index is -4.56. The molecule has 1 aromatic rings. The van der Waals surface area contributed by atoms with Crippen molar-refractivity contribution in [2.24, 2.45) is 0 Å². The van der Waals surface area contributed by atoms with E-state index in [0.29, 0.717) is 12.1 Å². The largest absolute Gasteiger partial charge is 0.480 e. The second-order valence-electron chi connectivity index (χ2n) is 3.24. The van der Waals surface area contributed by atoms with Gasteiger partial charge in [0.2, 0.25) is 10.0 Å². The number of halogens is 3. The predicted octanol–water partition coefficient (Wildman–Crippen LogP) is 1.07. The van der Waals surface area contributed by atoms with Crippen molar-refractivity contribution in [1.82, 2.24) is 4.72 Å². The number of carbonyl (C=O) groups is 1. The van der Waals surface area contributed by atoms with Gasteiger partial charge in [-0.1, -0.05) is 0 Å². The molecule has 0 unspecified atom stereocenters. The van der Waals surface area contributed by atoms with Gasteiger partial charge in [0, 0.05) is 0 Å². The van der Waals surface area contributed by atoms with Gasteiger partial charge in [-0.2, -0.15) is 17.9 Å². The standard InChI is InChI=1S/C9H8F3NO4S/c10-9(11,12)6-1-3-7(4-2-6)18(16,17)13-5-8(14)15/h1-4,13H,5H2,(H,14,15). The molecule has 0 spiro atoms. The average Bonchev–Trinajstić information content (AvgIpc) is 2.26. The van der Waals surface area contributed by atoms with Crippen LogP contribution in [0.4, 0.5) is 13.2 Å². The molecule has 18 heavy (non-hydrogen) atoms. The first-order valence-corrected chi connectivity index (χ1v) is 6.00. The average molecular weight is 283 g/mol. The van der Waals surface area contributed by atoms with Crippen molar-refractivity contribution in [2.75, 3.05) is 6.54 Å². The summed E-state index contributed by atoms with van der Waals surface area (Å²) in [6.07, 6.45) is -4.56. The minimum absolute atomic E-state index is 0.434. The summed E-state index contributed by atoms with van der Waals surface area (Å²) in [4.78, 5) is 9.75. The summed E-state index contributed by atoms with van der Waals surface area (Å²) in [7, 11) is -4.12. The van der Waals surface area contributed by atoms with Gasteiger partial charge in [0.1, 0.15) is 6.54 Å². The molecular formula is C9H8F3NO4S. The molecule has 0 aliphatic rings. The van der Waals surface area contributed by atoms with E-state index in [1.54, 1.807) is 4.72 Å². The van der Waals surface area contributed by atoms with Crippen molar-refractivity contribution in [3.8, 4) is 0 Å². The molecule has 0 amide bonds. The number of nitrogens with one attached hydrogen (secondary N) is 1. The number of sulfonamides is 1. The Kier molecular flexibility index (Phi) is 3.97. The van der Waals surface area contributed by atoms with Gasteiger partial charge < -0.3 is 5.11 Å². The monoisotopic (exact) mass is 283 g/mol. The van der Waals surface area contributed by atoms with Crippen LogP contribution in [0.1, 0.15) is 5.56 Å². The van der Waals surface area contributed by atoms with Gasteiger partial charge in [0.05, 0.1) is 10.5 Å². The highest BCUT2D eigenvalue weighted by atomic mass is 32.2. The molecule has 0 atom stereocenters. The third kappa shape index (κ3) is 3.70. The fourth-order valence-electron chi connectivity index (χ4n) is 1.06. The lowest BCUT2D eigenvalue weighted by Gasteiger charge is -2.08. The zero-order chi connectivity index (χ0) is 14.0. The van der Waals surface area contributed by atoms with Crippen molar-refractivity contribution in [2.45, 2.75) is 11.1 Å². The van der Waals surface area contributed by atoms with Crippen LogP contribution in [0.3, 0.4) is 0 Å². The molecule has 0 aliphatic carbocycles. The minimum Gasteiger partial charge on any atom is -0.480 e. The van der Waals surface area contributed by atoms with E-state index in [4.69, 9.17) is 5.11 Å². The molecule has 0 bridgehead atoms. The molecule has 1 rings (SSSR count). The molecule has 2 N–H and O–H groups in total. The van der Waals surface area contributed by atoms with Crippen LogP contribution in [0.15, 0.2) is 29.2 Å². The van der Waals surface area contributed by atoms with Crippen LogP contribution >= 0.6 is 0 Å². The first-order chi connectivity index (χ1) is 8.13. The van der Waals surface area contributed by atoms with E-state index in [-0.39, 0.29) is 0 Å². The summed E-state index contributed by atoms with van der Waals surface area (Å²) in [6, 6.07) is 2.73. The molecule has 0 fully saturated rings. The molecule has 0 heterocycles. The fourth-order valence-corrected chi connectivity index (χ4v) is 2.04. The number of carboxylic acids is 1. The summed E-state index contributed by atoms with van der Waals surface area (Å²) < 4.78 is 61.3. The third-order valence-corrected chi connectivity index (χ3v) is 3.32. The SMILES string of the molecule is O=C(O)CNS(=O)(=O)c1ccc(C(F)(F)F)cc1. The van der Waals surface area contributed by atoms with Crippen LogP contribution in [-0.2, 0) is 21.0 Å². The molecule has 0 saturated heterocycles. The molecule has 0 radical (unpaired) electrons. The van der Waals surface area contributed by atoms with E-state index in [2.05, 4.69) is 0 Å². The zero-order valence-corrected chi connectivity index (χ0v) is 9.55. The van der Waals surface area contributed by atoms with E-state index in [0.717, 1.165) is 12.1 Å². The van der Waals surface area contributed by atoms with Crippen molar-refractivity contribution in [3.05, 3.63) is 29.8 Å². The number of aliphatic carboxylic acids is 1. The van der Waals surface area contributed by atoms with E-state index < -0.39 is 39.2 Å². The highest BCUT2D eigenvalue weighted by molar-refractivity contribution is 7.89. The fraction of sp³-hybridized carbons (Fsp3) is 0.222. The van der Waals surface area contributed by atoms with Gasteiger partial charge in [-0.15, -0.1) is 0 Å². The Labute approximate surface area is 100 Å². The molecule has 1 aromatic carbocycles. The summed E-state index contributed by atoms with van der Waals surface area (Å²) in [5.74, 6) is -1.40. The van der Waals surface area contributed by atoms with Gasteiger partial charge in [0.15, 0.2) is 0 Å². The van der Waals surface area contributed by atoms with E-state index >= 15 is 0 Å². The number of alkyl halides is 3. The summed E-state index contributed by atoms with van der Waals surface area (Å²) in [5.41, 5.74) is -0.986. The van der Waals surface area contributed by atoms with Crippen LogP contribution in [0.25, 0.3) is 0 Å². The first-order valence-electron chi connectivity index (χ1n) is 4.51. The number of hydrogen-bond acceptors (Lipinski definition) is 3. The maximum atomic E-state index is 12.2. The molecular weight excluding hydrogens is 275 g/mol. The highest BCUT2D eigenvalue weighted by Crippen LogP contribution is 2.29. The predicted molar refractivity (Wildman–Crippen MR) is 54.3 cm³/mol. The van der Waals surface area contributed by atoms with Crippen molar-refractivity contribution in [1.29, 1.82) is 0 Å². The summed E-state index contributed by atoms with van der Waals surface area (Å²) >= 11 is 0. The lowest BCUT2D eigenvalue weighted by atomic mass is 10.2. The van der Waals surface area contributed by atoms with Gasteiger partial charge in [-0.05, 0) is 24.3 Å².